The second kappa shape index (κ2) is 6.73. The quantitative estimate of drug-likeness (QED) is 0.723. The van der Waals surface area contributed by atoms with Crippen molar-refractivity contribution < 1.29 is 4.79 Å². The van der Waals surface area contributed by atoms with Crippen molar-refractivity contribution in [3.05, 3.63) is 65.7 Å². The lowest BCUT2D eigenvalue weighted by Crippen LogP contribution is -2.20. The Balaban J connectivity index is 1.78. The van der Waals surface area contributed by atoms with Crippen LogP contribution in [0, 0.1) is 0 Å². The van der Waals surface area contributed by atoms with Gasteiger partial charge >= 0.3 is 0 Å². The maximum absolute atomic E-state index is 11.9. The largest absolute Gasteiger partial charge is 0.352 e. The van der Waals surface area contributed by atoms with Crippen molar-refractivity contribution in [1.29, 1.82) is 0 Å². The summed E-state index contributed by atoms with van der Waals surface area (Å²) in [4.78, 5) is 19.1. The third-order valence-electron chi connectivity index (χ3n) is 4.50. The number of aromatic nitrogens is 1. The minimum atomic E-state index is -0.193. The Hall–Kier alpha value is -2.59. The topological polar surface area (TPSA) is 45.2 Å². The van der Waals surface area contributed by atoms with E-state index in [2.05, 4.69) is 22.3 Å². The molecule has 0 unspecified atom stereocenters. The van der Waals surface area contributed by atoms with E-state index in [1.165, 1.54) is 5.56 Å². The summed E-state index contributed by atoms with van der Waals surface area (Å²) in [5.74, 6) is 0.702. The van der Waals surface area contributed by atoms with Crippen LogP contribution in [0.3, 0.4) is 0 Å². The van der Waals surface area contributed by atoms with Crippen molar-refractivity contribution in [3.63, 3.8) is 0 Å². The van der Waals surface area contributed by atoms with Crippen LogP contribution in [-0.2, 0) is 17.8 Å². The number of nitrogens with one attached hydrogen (secondary N) is 1. The van der Waals surface area contributed by atoms with E-state index in [9.17, 15) is 4.79 Å². The molecule has 126 valence electrons. The zero-order valence-corrected chi connectivity index (χ0v) is 14.5. The molecule has 1 N–H and O–H groups in total. The van der Waals surface area contributed by atoms with E-state index >= 15 is 0 Å². The summed E-state index contributed by atoms with van der Waals surface area (Å²) in [5.41, 5.74) is 4.07. The van der Waals surface area contributed by atoms with Gasteiger partial charge < -0.3 is 10.2 Å². The maximum Gasteiger partial charge on any atom is 0.239 e. The summed E-state index contributed by atoms with van der Waals surface area (Å²) >= 11 is 5.70. The molecular formula is C20H18ClN3O. The van der Waals surface area contributed by atoms with Crippen molar-refractivity contribution in [2.75, 3.05) is 22.6 Å². The van der Waals surface area contributed by atoms with Crippen molar-refractivity contribution >= 4 is 39.9 Å². The van der Waals surface area contributed by atoms with Crippen molar-refractivity contribution in [3.8, 4) is 0 Å². The van der Waals surface area contributed by atoms with Gasteiger partial charge in [-0.25, -0.2) is 4.98 Å². The highest BCUT2D eigenvalue weighted by atomic mass is 35.5. The smallest absolute Gasteiger partial charge is 0.239 e. The second-order valence-electron chi connectivity index (χ2n) is 6.15. The third kappa shape index (κ3) is 3.05. The number of fused-ring (bicyclic) bond motifs is 2. The van der Waals surface area contributed by atoms with Crippen LogP contribution < -0.4 is 10.2 Å². The number of hydrogen-bond acceptors (Lipinski definition) is 3. The highest BCUT2D eigenvalue weighted by molar-refractivity contribution is 6.29. The molecule has 1 aliphatic rings. The zero-order chi connectivity index (χ0) is 17.2. The maximum atomic E-state index is 11.9. The van der Waals surface area contributed by atoms with Crippen LogP contribution in [-0.4, -0.2) is 23.3 Å². The lowest BCUT2D eigenvalue weighted by molar-refractivity contribution is -0.113. The van der Waals surface area contributed by atoms with Crippen LogP contribution in [0.15, 0.2) is 54.6 Å². The number of halogens is 1. The Morgan fingerprint density at radius 3 is 2.68 bits per heavy atom. The van der Waals surface area contributed by atoms with Crippen LogP contribution in [0.2, 0.25) is 0 Å². The number of anilines is 2. The number of amides is 1. The van der Waals surface area contributed by atoms with Gasteiger partial charge in [0.05, 0.1) is 11.2 Å². The molecule has 2 heterocycles. The molecule has 3 aromatic rings. The lowest BCUT2D eigenvalue weighted by Gasteiger charge is -2.20. The normalized spacial score (nSPS) is 13.1. The zero-order valence-electron chi connectivity index (χ0n) is 13.7. The molecule has 1 aromatic heterocycles. The SMILES string of the molecule is O=C(CCl)Nc1c2c(nc3ccccc13)N(Cc1ccccc1)CC2. The number of para-hydroxylation sites is 1. The van der Waals surface area contributed by atoms with E-state index in [1.807, 2.05) is 42.5 Å². The van der Waals surface area contributed by atoms with Gasteiger partial charge in [0.1, 0.15) is 11.7 Å². The number of nitrogens with zero attached hydrogens (tertiary/aromatic N) is 2. The molecule has 0 saturated carbocycles. The van der Waals surface area contributed by atoms with Gasteiger partial charge in [-0.15, -0.1) is 11.6 Å². The molecule has 4 nitrogen and oxygen atoms in total. The van der Waals surface area contributed by atoms with Crippen molar-refractivity contribution in [1.82, 2.24) is 4.98 Å². The van der Waals surface area contributed by atoms with Gasteiger partial charge in [0.15, 0.2) is 0 Å². The molecule has 25 heavy (non-hydrogen) atoms. The summed E-state index contributed by atoms with van der Waals surface area (Å²) in [6.45, 7) is 1.69. The molecule has 4 rings (SSSR count). The molecular weight excluding hydrogens is 334 g/mol. The number of benzene rings is 2. The van der Waals surface area contributed by atoms with Crippen LogP contribution >= 0.6 is 11.6 Å². The van der Waals surface area contributed by atoms with Crippen LogP contribution in [0.4, 0.5) is 11.5 Å². The Morgan fingerprint density at radius 2 is 1.88 bits per heavy atom. The monoisotopic (exact) mass is 351 g/mol. The molecule has 0 bridgehead atoms. The Labute approximate surface area is 151 Å². The molecule has 0 fully saturated rings. The minimum absolute atomic E-state index is 0.0564. The molecule has 0 radical (unpaired) electrons. The summed E-state index contributed by atoms with van der Waals surface area (Å²) in [6.07, 6.45) is 0.859. The van der Waals surface area contributed by atoms with Crippen molar-refractivity contribution in [2.45, 2.75) is 13.0 Å². The van der Waals surface area contributed by atoms with Gasteiger partial charge in [-0.3, -0.25) is 4.79 Å². The predicted molar refractivity (Wildman–Crippen MR) is 102 cm³/mol. The van der Waals surface area contributed by atoms with E-state index in [-0.39, 0.29) is 11.8 Å². The molecule has 0 saturated heterocycles. The highest BCUT2D eigenvalue weighted by Crippen LogP contribution is 2.38. The fourth-order valence-electron chi connectivity index (χ4n) is 3.36. The number of carbonyl (C=O) groups is 1. The third-order valence-corrected chi connectivity index (χ3v) is 4.75. The van der Waals surface area contributed by atoms with Crippen LogP contribution in [0.5, 0.6) is 0 Å². The average molecular weight is 352 g/mol. The van der Waals surface area contributed by atoms with Gasteiger partial charge in [-0.2, -0.15) is 0 Å². The van der Waals surface area contributed by atoms with Gasteiger partial charge in [0.2, 0.25) is 5.91 Å². The summed E-state index contributed by atoms with van der Waals surface area (Å²) in [7, 11) is 0. The highest BCUT2D eigenvalue weighted by Gasteiger charge is 2.26. The first-order valence-electron chi connectivity index (χ1n) is 8.32. The molecule has 5 heteroatoms. The summed E-state index contributed by atoms with van der Waals surface area (Å²) in [5, 5.41) is 3.94. The first-order chi connectivity index (χ1) is 12.3. The first-order valence-corrected chi connectivity index (χ1v) is 8.86. The van der Waals surface area contributed by atoms with E-state index in [4.69, 9.17) is 16.6 Å². The van der Waals surface area contributed by atoms with E-state index in [1.54, 1.807) is 0 Å². The summed E-state index contributed by atoms with van der Waals surface area (Å²) in [6, 6.07) is 18.3. The number of alkyl halides is 1. The fourth-order valence-corrected chi connectivity index (χ4v) is 3.43. The summed E-state index contributed by atoms with van der Waals surface area (Å²) < 4.78 is 0. The Morgan fingerprint density at radius 1 is 1.12 bits per heavy atom. The Bertz CT molecular complexity index is 927. The predicted octanol–water partition coefficient (Wildman–Crippen LogP) is 3.97. The van der Waals surface area contributed by atoms with E-state index in [0.29, 0.717) is 0 Å². The minimum Gasteiger partial charge on any atom is -0.352 e. The standard InChI is InChI=1S/C20H18ClN3O/c21-12-18(25)23-19-15-8-4-5-9-17(15)22-20-16(19)10-11-24(20)13-14-6-2-1-3-7-14/h1-9H,10-13H2,(H,22,23,25). The molecule has 1 aliphatic heterocycles. The molecule has 0 spiro atoms. The lowest BCUT2D eigenvalue weighted by atomic mass is 10.1. The van der Waals surface area contributed by atoms with Gasteiger partial charge in [-0.1, -0.05) is 48.5 Å². The average Bonchev–Trinajstić information content (AvgIpc) is 3.05. The van der Waals surface area contributed by atoms with Gasteiger partial charge in [0.25, 0.3) is 0 Å². The molecule has 2 aromatic carbocycles. The van der Waals surface area contributed by atoms with E-state index in [0.717, 1.165) is 47.5 Å². The number of hydrogen-bond donors (Lipinski definition) is 1. The second-order valence-corrected chi connectivity index (χ2v) is 6.41. The molecule has 0 aliphatic carbocycles. The molecule has 1 amide bonds. The van der Waals surface area contributed by atoms with E-state index < -0.39 is 0 Å². The van der Waals surface area contributed by atoms with Gasteiger partial charge in [-0.05, 0) is 18.1 Å². The number of rotatable bonds is 4. The van der Waals surface area contributed by atoms with Crippen LogP contribution in [0.1, 0.15) is 11.1 Å². The molecule has 0 atom stereocenters. The Kier molecular flexibility index (Phi) is 4.28. The first kappa shape index (κ1) is 15.9. The van der Waals surface area contributed by atoms with Crippen LogP contribution in [0.25, 0.3) is 10.9 Å². The van der Waals surface area contributed by atoms with Gasteiger partial charge in [0, 0.05) is 24.0 Å². The fraction of sp³-hybridized carbons (Fsp3) is 0.200. The number of pyridine rings is 1. The number of carbonyl (C=O) groups excluding carboxylic acids is 1. The van der Waals surface area contributed by atoms with Crippen molar-refractivity contribution in [2.24, 2.45) is 0 Å².